The van der Waals surface area contributed by atoms with Gasteiger partial charge in [0.15, 0.2) is 0 Å². The molecule has 4 aromatic rings. The van der Waals surface area contributed by atoms with Gasteiger partial charge >= 0.3 is 0 Å². The molecule has 3 N–H and O–H groups in total. The van der Waals surface area contributed by atoms with Crippen LogP contribution in [0.3, 0.4) is 0 Å². The fourth-order valence-corrected chi connectivity index (χ4v) is 5.63. The monoisotopic (exact) mass is 662 g/mol. The van der Waals surface area contributed by atoms with Crippen LogP contribution in [0.2, 0.25) is 0 Å². The maximum Gasteiger partial charge on any atom is 0.261 e. The molecular formula is C37H47FN4O4S. The molecule has 10 heteroatoms. The summed E-state index contributed by atoms with van der Waals surface area (Å²) in [7, 11) is 3.17. The van der Waals surface area contributed by atoms with Crippen molar-refractivity contribution in [2.45, 2.75) is 71.1 Å². The Balaban J connectivity index is 0.00000121. The molecule has 0 spiro atoms. The van der Waals surface area contributed by atoms with Crippen LogP contribution in [0.4, 0.5) is 27.3 Å². The van der Waals surface area contributed by atoms with Crippen molar-refractivity contribution in [3.63, 3.8) is 0 Å². The minimum atomic E-state index is -0.484. The van der Waals surface area contributed by atoms with Crippen molar-refractivity contribution in [1.82, 2.24) is 4.57 Å². The summed E-state index contributed by atoms with van der Waals surface area (Å²) in [5.41, 5.74) is 3.14. The first-order chi connectivity index (χ1) is 22.7. The van der Waals surface area contributed by atoms with Gasteiger partial charge in [0.1, 0.15) is 29.7 Å². The van der Waals surface area contributed by atoms with Gasteiger partial charge in [0, 0.05) is 35.0 Å². The van der Waals surface area contributed by atoms with E-state index in [0.717, 1.165) is 21.8 Å². The summed E-state index contributed by atoms with van der Waals surface area (Å²) in [6.07, 6.45) is 2.40. The number of hydrogen-bond donors (Lipinski definition) is 3. The number of halogens is 1. The Morgan fingerprint density at radius 1 is 1.00 bits per heavy atom. The third-order valence-corrected chi connectivity index (χ3v) is 8.31. The van der Waals surface area contributed by atoms with E-state index in [1.165, 1.54) is 23.5 Å². The predicted molar refractivity (Wildman–Crippen MR) is 194 cm³/mol. The molecule has 3 aromatic carbocycles. The van der Waals surface area contributed by atoms with Gasteiger partial charge in [0.25, 0.3) is 11.5 Å². The second-order valence-corrected chi connectivity index (χ2v) is 11.6. The lowest BCUT2D eigenvalue weighted by Gasteiger charge is -2.22. The van der Waals surface area contributed by atoms with Crippen molar-refractivity contribution in [2.75, 3.05) is 23.1 Å². The van der Waals surface area contributed by atoms with E-state index in [1.54, 1.807) is 51.9 Å². The molecule has 1 fully saturated rings. The number of thioether (sulfide) groups is 1. The lowest BCUT2D eigenvalue weighted by Crippen LogP contribution is -2.29. The first-order valence-electron chi connectivity index (χ1n) is 15.7. The fraction of sp³-hybridized carbons (Fsp3) is 0.324. The fourth-order valence-electron chi connectivity index (χ4n) is 4.52. The summed E-state index contributed by atoms with van der Waals surface area (Å²) in [4.78, 5) is 36.5. The van der Waals surface area contributed by atoms with Crippen LogP contribution in [0.1, 0.15) is 67.6 Å². The van der Waals surface area contributed by atoms with Crippen LogP contribution in [0.25, 0.3) is 0 Å². The van der Waals surface area contributed by atoms with E-state index < -0.39 is 11.7 Å². The molecule has 47 heavy (non-hydrogen) atoms. The zero-order valence-corrected chi connectivity index (χ0v) is 29.4. The Labute approximate surface area is 282 Å². The molecule has 5 rings (SSSR count). The van der Waals surface area contributed by atoms with E-state index >= 15 is 0 Å². The van der Waals surface area contributed by atoms with Crippen LogP contribution in [0.15, 0.2) is 76.4 Å². The van der Waals surface area contributed by atoms with Crippen LogP contribution >= 0.6 is 11.8 Å². The minimum Gasteiger partial charge on any atom is -0.497 e. The summed E-state index contributed by atoms with van der Waals surface area (Å²) in [5, 5.41) is 9.99. The number of benzene rings is 3. The smallest absolute Gasteiger partial charge is 0.261 e. The number of aryl methyl sites for hydroxylation is 1. The van der Waals surface area contributed by atoms with Crippen LogP contribution in [-0.4, -0.2) is 29.6 Å². The largest absolute Gasteiger partial charge is 0.497 e. The summed E-state index contributed by atoms with van der Waals surface area (Å²) in [5.74, 6) is 0.000287. The topological polar surface area (TPSA) is 101 Å². The summed E-state index contributed by atoms with van der Waals surface area (Å²) < 4.78 is 21.5. The van der Waals surface area contributed by atoms with E-state index in [9.17, 15) is 14.0 Å². The molecule has 0 atom stereocenters. The molecule has 0 bridgehead atoms. The first kappa shape index (κ1) is 38.6. The quantitative estimate of drug-likeness (QED) is 0.156. The van der Waals surface area contributed by atoms with Gasteiger partial charge in [-0.25, -0.2) is 4.39 Å². The Bertz CT molecular complexity index is 1670. The number of methoxy groups -OCH3 is 1. The number of aromatic nitrogens is 1. The van der Waals surface area contributed by atoms with Crippen molar-refractivity contribution in [3.8, 4) is 5.75 Å². The average molecular weight is 663 g/mol. The van der Waals surface area contributed by atoms with Gasteiger partial charge in [0.05, 0.1) is 18.5 Å². The molecule has 1 heterocycles. The van der Waals surface area contributed by atoms with Gasteiger partial charge < -0.3 is 25.5 Å². The Kier molecular flexibility index (Phi) is 15.8. The summed E-state index contributed by atoms with van der Waals surface area (Å²) >= 11 is 1.80. The molecular weight excluding hydrogens is 615 g/mol. The number of rotatable bonds is 10. The first-order valence-corrected chi connectivity index (χ1v) is 16.6. The highest BCUT2D eigenvalue weighted by Gasteiger charge is 2.26. The highest BCUT2D eigenvalue weighted by Crippen LogP contribution is 2.40. The normalized spacial score (nSPS) is 11.3. The Hall–Kier alpha value is -4.57. The zero-order chi connectivity index (χ0) is 35.1. The van der Waals surface area contributed by atoms with Crippen LogP contribution in [-0.2, 0) is 18.4 Å². The molecule has 1 aliphatic rings. The molecule has 1 amide bonds. The van der Waals surface area contributed by atoms with Crippen molar-refractivity contribution in [1.29, 1.82) is 0 Å². The predicted octanol–water partition coefficient (Wildman–Crippen LogP) is 8.88. The third kappa shape index (κ3) is 10.5. The number of nitrogens with zero attached hydrogens (tertiary/aromatic N) is 1. The molecule has 0 saturated heterocycles. The Morgan fingerprint density at radius 2 is 1.66 bits per heavy atom. The number of carbonyl (C=O) groups excluding carboxylic acids is 2. The number of carbonyl (C=O) groups is 2. The maximum atomic E-state index is 14.9. The molecule has 0 unspecified atom stereocenters. The zero-order valence-electron chi connectivity index (χ0n) is 28.6. The van der Waals surface area contributed by atoms with Gasteiger partial charge in [-0.3, -0.25) is 14.2 Å². The van der Waals surface area contributed by atoms with E-state index in [1.807, 2.05) is 83.0 Å². The van der Waals surface area contributed by atoms with Crippen molar-refractivity contribution >= 4 is 47.3 Å². The molecule has 8 nitrogen and oxygen atoms in total. The van der Waals surface area contributed by atoms with Gasteiger partial charge in [-0.2, -0.15) is 0 Å². The third-order valence-electron chi connectivity index (χ3n) is 6.97. The number of anilines is 4. The maximum absolute atomic E-state index is 14.9. The molecule has 1 aromatic heterocycles. The number of ether oxygens (including phenoxy) is 1. The van der Waals surface area contributed by atoms with E-state index in [-0.39, 0.29) is 22.6 Å². The number of amides is 1. The second-order valence-electron chi connectivity index (χ2n) is 10.2. The van der Waals surface area contributed by atoms with E-state index in [4.69, 9.17) is 9.53 Å². The number of hydrogen-bond acceptors (Lipinski definition) is 7. The molecule has 252 valence electrons. The molecule has 1 aliphatic carbocycles. The number of nitrogens with one attached hydrogen (secondary N) is 3. The minimum absolute atomic E-state index is 0.160. The van der Waals surface area contributed by atoms with Crippen molar-refractivity contribution in [3.05, 3.63) is 105 Å². The van der Waals surface area contributed by atoms with Crippen LogP contribution < -0.4 is 26.2 Å². The SMILES string of the molecule is C=O.CC.CC.COc1ccc(CNc2c(C(=O)Nc3cccc(SC4CC4)c3)c(Nc3ccc(C)cc3F)n(C)c(=O)c2C)cc1. The lowest BCUT2D eigenvalue weighted by molar-refractivity contribution is -0.0980. The lowest BCUT2D eigenvalue weighted by atomic mass is 10.1. The molecule has 0 radical (unpaired) electrons. The summed E-state index contributed by atoms with van der Waals surface area (Å²) in [6.45, 7) is 13.8. The molecule has 0 aliphatic heterocycles. The highest BCUT2D eigenvalue weighted by molar-refractivity contribution is 8.00. The van der Waals surface area contributed by atoms with Crippen molar-refractivity contribution in [2.24, 2.45) is 7.05 Å². The highest BCUT2D eigenvalue weighted by atomic mass is 32.2. The van der Waals surface area contributed by atoms with Gasteiger partial charge in [-0.1, -0.05) is 52.0 Å². The number of pyridine rings is 1. The van der Waals surface area contributed by atoms with Gasteiger partial charge in [-0.15, -0.1) is 11.8 Å². The standard InChI is InChI=1S/C32H33FN4O3S.2C2H6.CH2O/c1-19-8-15-27(26(33)16-19)36-30-28(31(38)35-22-6-5-7-25(17-22)41-24-13-14-24)29(20(2)32(39)37(30)3)34-18-21-9-11-23(40-4)12-10-21;3*1-2/h5-12,15-17,24,34,36H,13-14,18H2,1-4H3,(H,35,38);2*1-2H3;1H2. The van der Waals surface area contributed by atoms with E-state index in [2.05, 4.69) is 16.0 Å². The second kappa shape index (κ2) is 19.2. The average Bonchev–Trinajstić information content (AvgIpc) is 3.92. The van der Waals surface area contributed by atoms with Crippen molar-refractivity contribution < 1.29 is 18.7 Å². The van der Waals surface area contributed by atoms with Crippen LogP contribution in [0.5, 0.6) is 5.75 Å². The molecule has 1 saturated carbocycles. The van der Waals surface area contributed by atoms with Gasteiger partial charge in [-0.05, 0) is 80.3 Å². The van der Waals surface area contributed by atoms with Crippen LogP contribution in [0, 0.1) is 19.7 Å². The van der Waals surface area contributed by atoms with Gasteiger partial charge in [0.2, 0.25) is 0 Å². The Morgan fingerprint density at radius 3 is 2.26 bits per heavy atom. The van der Waals surface area contributed by atoms with E-state index in [0.29, 0.717) is 28.7 Å². The summed E-state index contributed by atoms with van der Waals surface area (Å²) in [6, 6.07) is 20.0.